The van der Waals surface area contributed by atoms with E-state index in [0.717, 1.165) is 12.5 Å². The zero-order valence-corrected chi connectivity index (χ0v) is 13.3. The monoisotopic (exact) mass is 312 g/mol. The van der Waals surface area contributed by atoms with Crippen molar-refractivity contribution >= 4 is 17.3 Å². The van der Waals surface area contributed by atoms with Gasteiger partial charge in [-0.3, -0.25) is 0 Å². The highest BCUT2D eigenvalue weighted by molar-refractivity contribution is 7.80. The summed E-state index contributed by atoms with van der Waals surface area (Å²) in [6, 6.07) is 3.69. The molecule has 5 heteroatoms. The number of benzene rings is 1. The third-order valence-electron chi connectivity index (χ3n) is 4.20. The Morgan fingerprint density at radius 3 is 2.67 bits per heavy atom. The third kappa shape index (κ3) is 4.37. The highest BCUT2D eigenvalue weighted by Crippen LogP contribution is 2.24. The molecule has 2 N–H and O–H groups in total. The van der Waals surface area contributed by atoms with E-state index in [-0.39, 0.29) is 6.04 Å². The summed E-state index contributed by atoms with van der Waals surface area (Å²) in [6.07, 6.45) is 4.81. The molecular weight excluding hydrogens is 290 g/mol. The summed E-state index contributed by atoms with van der Waals surface area (Å²) in [5.41, 5.74) is 0.414. The van der Waals surface area contributed by atoms with Crippen LogP contribution in [0.5, 0.6) is 0 Å². The summed E-state index contributed by atoms with van der Waals surface area (Å²) in [4.78, 5) is 0. The molecule has 2 rings (SSSR count). The number of halogens is 2. The molecule has 0 radical (unpaired) electrons. The molecule has 2 nitrogen and oxygen atoms in total. The molecule has 0 spiro atoms. The van der Waals surface area contributed by atoms with Gasteiger partial charge in [0.2, 0.25) is 0 Å². The molecule has 3 atom stereocenters. The molecule has 1 aliphatic carbocycles. The second-order valence-corrected chi connectivity index (χ2v) is 6.28. The van der Waals surface area contributed by atoms with Crippen LogP contribution in [-0.2, 0) is 0 Å². The second kappa shape index (κ2) is 7.16. The van der Waals surface area contributed by atoms with Crippen molar-refractivity contribution in [2.75, 3.05) is 0 Å². The molecule has 0 amide bonds. The van der Waals surface area contributed by atoms with E-state index in [4.69, 9.17) is 12.2 Å². The summed E-state index contributed by atoms with van der Waals surface area (Å²) in [5.74, 6) is -0.527. The van der Waals surface area contributed by atoms with Gasteiger partial charge in [-0.1, -0.05) is 25.8 Å². The summed E-state index contributed by atoms with van der Waals surface area (Å²) < 4.78 is 26.7. The van der Waals surface area contributed by atoms with Crippen LogP contribution >= 0.6 is 12.2 Å². The Labute approximate surface area is 130 Å². The number of rotatable bonds is 3. The minimum atomic E-state index is -0.569. The van der Waals surface area contributed by atoms with Crippen molar-refractivity contribution in [2.24, 2.45) is 5.92 Å². The minimum absolute atomic E-state index is 0.301. The van der Waals surface area contributed by atoms with Crippen molar-refractivity contribution < 1.29 is 8.78 Å². The zero-order valence-electron chi connectivity index (χ0n) is 12.5. The van der Waals surface area contributed by atoms with Crippen LogP contribution < -0.4 is 10.6 Å². The van der Waals surface area contributed by atoms with E-state index >= 15 is 0 Å². The van der Waals surface area contributed by atoms with Crippen LogP contribution in [0.4, 0.5) is 8.78 Å². The lowest BCUT2D eigenvalue weighted by molar-refractivity contribution is 0.307. The lowest BCUT2D eigenvalue weighted by atomic mass is 9.86. The number of thiocarbonyl (C=S) groups is 1. The standard InChI is InChI=1S/C16H22F2N2S/c1-10-5-3-4-6-15(10)20-16(21)19-11(2)13-8-7-12(17)9-14(13)18/h7-11,15H,3-6H2,1-2H3,(H2,19,20,21)/t10-,11-,15+/m0/s1. The Hall–Kier alpha value is -1.23. The van der Waals surface area contributed by atoms with Gasteiger partial charge in [0.1, 0.15) is 11.6 Å². The number of nitrogens with one attached hydrogen (secondary N) is 2. The number of hydrogen-bond donors (Lipinski definition) is 2. The quantitative estimate of drug-likeness (QED) is 0.823. The predicted molar refractivity (Wildman–Crippen MR) is 85.1 cm³/mol. The molecule has 0 unspecified atom stereocenters. The van der Waals surface area contributed by atoms with Crippen LogP contribution in [0.2, 0.25) is 0 Å². The van der Waals surface area contributed by atoms with Crippen molar-refractivity contribution in [3.8, 4) is 0 Å². The minimum Gasteiger partial charge on any atom is -0.360 e. The fourth-order valence-electron chi connectivity index (χ4n) is 2.87. The van der Waals surface area contributed by atoms with Crippen molar-refractivity contribution in [2.45, 2.75) is 51.6 Å². The highest BCUT2D eigenvalue weighted by Gasteiger charge is 2.22. The second-order valence-electron chi connectivity index (χ2n) is 5.87. The molecule has 0 heterocycles. The normalized spacial score (nSPS) is 23.4. The van der Waals surface area contributed by atoms with E-state index in [1.165, 1.54) is 31.4 Å². The molecule has 21 heavy (non-hydrogen) atoms. The Morgan fingerprint density at radius 2 is 2.00 bits per heavy atom. The maximum atomic E-state index is 13.7. The first-order valence-corrected chi connectivity index (χ1v) is 7.90. The van der Waals surface area contributed by atoms with Crippen molar-refractivity contribution in [1.29, 1.82) is 0 Å². The van der Waals surface area contributed by atoms with Crippen LogP contribution in [0.3, 0.4) is 0 Å². The Morgan fingerprint density at radius 1 is 1.29 bits per heavy atom. The third-order valence-corrected chi connectivity index (χ3v) is 4.44. The smallest absolute Gasteiger partial charge is 0.166 e. The van der Waals surface area contributed by atoms with Gasteiger partial charge < -0.3 is 10.6 Å². The Balaban J connectivity index is 1.92. The van der Waals surface area contributed by atoms with E-state index in [9.17, 15) is 8.78 Å². The van der Waals surface area contributed by atoms with Gasteiger partial charge in [-0.15, -0.1) is 0 Å². The van der Waals surface area contributed by atoms with E-state index in [2.05, 4.69) is 17.6 Å². The van der Waals surface area contributed by atoms with Crippen molar-refractivity contribution in [3.63, 3.8) is 0 Å². The van der Waals surface area contributed by atoms with Crippen LogP contribution in [0.25, 0.3) is 0 Å². The van der Waals surface area contributed by atoms with Gasteiger partial charge in [0.05, 0.1) is 6.04 Å². The first-order valence-electron chi connectivity index (χ1n) is 7.49. The van der Waals surface area contributed by atoms with Crippen LogP contribution in [0, 0.1) is 17.6 Å². The average molecular weight is 312 g/mol. The Bertz CT molecular complexity index is 507. The van der Waals surface area contributed by atoms with Gasteiger partial charge in [-0.05, 0) is 44.0 Å². The molecule has 1 saturated carbocycles. The number of hydrogen-bond acceptors (Lipinski definition) is 1. The largest absolute Gasteiger partial charge is 0.360 e. The van der Waals surface area contributed by atoms with Crippen LogP contribution in [-0.4, -0.2) is 11.2 Å². The fraction of sp³-hybridized carbons (Fsp3) is 0.562. The van der Waals surface area contributed by atoms with Crippen molar-refractivity contribution in [1.82, 2.24) is 10.6 Å². The van der Waals surface area contributed by atoms with Gasteiger partial charge >= 0.3 is 0 Å². The lowest BCUT2D eigenvalue weighted by Gasteiger charge is -2.31. The Kier molecular flexibility index (Phi) is 5.51. The van der Waals surface area contributed by atoms with Crippen LogP contribution in [0.15, 0.2) is 18.2 Å². The lowest BCUT2D eigenvalue weighted by Crippen LogP contribution is -2.46. The maximum absolute atomic E-state index is 13.7. The molecule has 0 saturated heterocycles. The summed E-state index contributed by atoms with van der Waals surface area (Å²) in [6.45, 7) is 4.04. The first kappa shape index (κ1) is 16.1. The maximum Gasteiger partial charge on any atom is 0.166 e. The SMILES string of the molecule is C[C@H](NC(=S)N[C@@H]1CCCC[C@@H]1C)c1ccc(F)cc1F. The van der Waals surface area contributed by atoms with Crippen molar-refractivity contribution in [3.05, 3.63) is 35.4 Å². The average Bonchev–Trinajstić information content (AvgIpc) is 2.41. The molecule has 1 aromatic rings. The predicted octanol–water partition coefficient (Wildman–Crippen LogP) is 4.07. The van der Waals surface area contributed by atoms with Gasteiger partial charge in [0.25, 0.3) is 0 Å². The van der Waals surface area contributed by atoms with E-state index in [1.54, 1.807) is 0 Å². The zero-order chi connectivity index (χ0) is 15.4. The first-order chi connectivity index (χ1) is 9.97. The van der Waals surface area contributed by atoms with Gasteiger partial charge in [0, 0.05) is 17.7 Å². The molecule has 0 aliphatic heterocycles. The van der Waals surface area contributed by atoms with Crippen LogP contribution in [0.1, 0.15) is 51.1 Å². The van der Waals surface area contributed by atoms with Gasteiger partial charge in [0.15, 0.2) is 5.11 Å². The highest BCUT2D eigenvalue weighted by atomic mass is 32.1. The van der Waals surface area contributed by atoms with E-state index in [1.807, 2.05) is 6.92 Å². The fourth-order valence-corrected chi connectivity index (χ4v) is 3.20. The van der Waals surface area contributed by atoms with E-state index < -0.39 is 11.6 Å². The molecular formula is C16H22F2N2S. The van der Waals surface area contributed by atoms with Gasteiger partial charge in [-0.25, -0.2) is 8.78 Å². The summed E-state index contributed by atoms with van der Waals surface area (Å²) in [7, 11) is 0. The molecule has 0 aromatic heterocycles. The topological polar surface area (TPSA) is 24.1 Å². The molecule has 116 valence electrons. The molecule has 1 aliphatic rings. The molecule has 1 fully saturated rings. The van der Waals surface area contributed by atoms with Gasteiger partial charge in [-0.2, -0.15) is 0 Å². The molecule has 1 aromatic carbocycles. The summed E-state index contributed by atoms with van der Waals surface area (Å²) >= 11 is 5.31. The molecule has 0 bridgehead atoms. The van der Waals surface area contributed by atoms with E-state index in [0.29, 0.717) is 22.6 Å². The summed E-state index contributed by atoms with van der Waals surface area (Å²) in [5, 5.41) is 6.94.